The summed E-state index contributed by atoms with van der Waals surface area (Å²) in [5, 5.41) is 3.43. The van der Waals surface area contributed by atoms with Crippen molar-refractivity contribution in [2.75, 3.05) is 6.54 Å². The van der Waals surface area contributed by atoms with E-state index >= 15 is 0 Å². The lowest BCUT2D eigenvalue weighted by atomic mass is 9.82. The van der Waals surface area contributed by atoms with Crippen LogP contribution >= 0.6 is 0 Å². The van der Waals surface area contributed by atoms with Crippen LogP contribution in [-0.4, -0.2) is 12.6 Å². The van der Waals surface area contributed by atoms with Crippen LogP contribution in [0.1, 0.15) is 45.2 Å². The topological polar surface area (TPSA) is 12.0 Å². The molecule has 1 N–H and O–H groups in total. The molecule has 0 saturated carbocycles. The molecular formula is C16H24F3N. The van der Waals surface area contributed by atoms with E-state index in [0.29, 0.717) is 6.42 Å². The average molecular weight is 287 g/mol. The van der Waals surface area contributed by atoms with Crippen LogP contribution < -0.4 is 5.32 Å². The van der Waals surface area contributed by atoms with E-state index in [2.05, 4.69) is 33.0 Å². The summed E-state index contributed by atoms with van der Waals surface area (Å²) >= 11 is 0. The fraction of sp³-hybridized carbons (Fsp3) is 0.625. The minimum atomic E-state index is -4.27. The van der Waals surface area contributed by atoms with E-state index in [0.717, 1.165) is 24.6 Å². The maximum atomic E-state index is 12.7. The van der Waals surface area contributed by atoms with Gasteiger partial charge in [0, 0.05) is 6.04 Å². The Morgan fingerprint density at radius 3 is 2.30 bits per heavy atom. The summed E-state index contributed by atoms with van der Waals surface area (Å²) in [4.78, 5) is 0. The van der Waals surface area contributed by atoms with Crippen molar-refractivity contribution in [3.05, 3.63) is 35.4 Å². The van der Waals surface area contributed by atoms with E-state index in [1.54, 1.807) is 6.07 Å². The van der Waals surface area contributed by atoms with Crippen LogP contribution in [0, 0.1) is 5.41 Å². The van der Waals surface area contributed by atoms with Gasteiger partial charge in [-0.25, -0.2) is 0 Å². The van der Waals surface area contributed by atoms with Crippen molar-refractivity contribution in [2.45, 2.75) is 52.8 Å². The van der Waals surface area contributed by atoms with Gasteiger partial charge in [-0.3, -0.25) is 0 Å². The fourth-order valence-corrected chi connectivity index (χ4v) is 2.11. The van der Waals surface area contributed by atoms with Gasteiger partial charge < -0.3 is 5.32 Å². The standard InChI is InChI=1S/C16H24F3N/c1-5-9-20-14(15(2,3)4)11-12-7-6-8-13(10-12)16(17,18)19/h6-8,10,14,20H,5,9,11H2,1-4H3. The molecule has 0 heterocycles. The molecule has 114 valence electrons. The van der Waals surface area contributed by atoms with Gasteiger partial charge in [-0.15, -0.1) is 0 Å². The van der Waals surface area contributed by atoms with Crippen LogP contribution in [0.4, 0.5) is 13.2 Å². The van der Waals surface area contributed by atoms with Crippen molar-refractivity contribution >= 4 is 0 Å². The maximum Gasteiger partial charge on any atom is 0.416 e. The number of hydrogen-bond acceptors (Lipinski definition) is 1. The monoisotopic (exact) mass is 287 g/mol. The summed E-state index contributed by atoms with van der Waals surface area (Å²) in [6.45, 7) is 9.27. The Balaban J connectivity index is 2.88. The second-order valence-corrected chi connectivity index (χ2v) is 6.27. The predicted octanol–water partition coefficient (Wildman–Crippen LogP) is 4.66. The Hall–Kier alpha value is -1.03. The van der Waals surface area contributed by atoms with E-state index in [-0.39, 0.29) is 11.5 Å². The van der Waals surface area contributed by atoms with E-state index in [1.165, 1.54) is 12.1 Å². The predicted molar refractivity (Wildman–Crippen MR) is 76.7 cm³/mol. The molecule has 0 amide bonds. The van der Waals surface area contributed by atoms with Gasteiger partial charge >= 0.3 is 6.18 Å². The zero-order valence-corrected chi connectivity index (χ0v) is 12.6. The highest BCUT2D eigenvalue weighted by Gasteiger charge is 2.31. The second kappa shape index (κ2) is 6.61. The first-order valence-electron chi connectivity index (χ1n) is 7.04. The van der Waals surface area contributed by atoms with Gasteiger partial charge in [0.1, 0.15) is 0 Å². The summed E-state index contributed by atoms with van der Waals surface area (Å²) < 4.78 is 38.2. The van der Waals surface area contributed by atoms with Crippen molar-refractivity contribution in [1.29, 1.82) is 0 Å². The molecule has 1 nitrogen and oxygen atoms in total. The molecule has 0 aromatic heterocycles. The molecule has 0 aliphatic rings. The molecule has 0 fully saturated rings. The van der Waals surface area contributed by atoms with Crippen LogP contribution in [0.2, 0.25) is 0 Å². The molecule has 1 unspecified atom stereocenters. The van der Waals surface area contributed by atoms with Crippen LogP contribution in [0.5, 0.6) is 0 Å². The molecule has 0 spiro atoms. The van der Waals surface area contributed by atoms with Crippen molar-refractivity contribution in [3.63, 3.8) is 0 Å². The van der Waals surface area contributed by atoms with Crippen molar-refractivity contribution in [3.8, 4) is 0 Å². The zero-order chi connectivity index (χ0) is 15.4. The molecule has 0 aliphatic heterocycles. The summed E-state index contributed by atoms with van der Waals surface area (Å²) in [7, 11) is 0. The van der Waals surface area contributed by atoms with Crippen molar-refractivity contribution in [2.24, 2.45) is 5.41 Å². The van der Waals surface area contributed by atoms with Gasteiger partial charge in [0.25, 0.3) is 0 Å². The lowest BCUT2D eigenvalue weighted by Gasteiger charge is -2.32. The van der Waals surface area contributed by atoms with Crippen LogP contribution in [0.3, 0.4) is 0 Å². The fourth-order valence-electron chi connectivity index (χ4n) is 2.11. The van der Waals surface area contributed by atoms with Gasteiger partial charge in [0.15, 0.2) is 0 Å². The summed E-state index contributed by atoms with van der Waals surface area (Å²) in [5.41, 5.74) is 0.158. The molecule has 0 radical (unpaired) electrons. The Morgan fingerprint density at radius 1 is 1.15 bits per heavy atom. The first kappa shape index (κ1) is 17.0. The molecule has 0 bridgehead atoms. The quantitative estimate of drug-likeness (QED) is 0.830. The highest BCUT2D eigenvalue weighted by Crippen LogP contribution is 2.30. The Bertz CT molecular complexity index is 418. The zero-order valence-electron chi connectivity index (χ0n) is 12.6. The second-order valence-electron chi connectivity index (χ2n) is 6.27. The molecule has 1 atom stereocenters. The number of nitrogens with one attached hydrogen (secondary N) is 1. The minimum absolute atomic E-state index is 0.00338. The van der Waals surface area contributed by atoms with Gasteiger partial charge in [-0.2, -0.15) is 13.2 Å². The third-order valence-electron chi connectivity index (χ3n) is 3.38. The third kappa shape index (κ3) is 5.16. The van der Waals surface area contributed by atoms with E-state index in [9.17, 15) is 13.2 Å². The van der Waals surface area contributed by atoms with Crippen LogP contribution in [0.25, 0.3) is 0 Å². The minimum Gasteiger partial charge on any atom is -0.313 e. The molecule has 20 heavy (non-hydrogen) atoms. The first-order chi connectivity index (χ1) is 9.14. The van der Waals surface area contributed by atoms with Gasteiger partial charge in [-0.1, -0.05) is 45.9 Å². The molecule has 1 aromatic rings. The maximum absolute atomic E-state index is 12.7. The smallest absolute Gasteiger partial charge is 0.313 e. The van der Waals surface area contributed by atoms with Crippen LogP contribution in [0.15, 0.2) is 24.3 Å². The summed E-state index contributed by atoms with van der Waals surface area (Å²) in [5.74, 6) is 0. The highest BCUT2D eigenvalue weighted by molar-refractivity contribution is 5.26. The first-order valence-corrected chi connectivity index (χ1v) is 7.04. The van der Waals surface area contributed by atoms with E-state index < -0.39 is 11.7 Å². The van der Waals surface area contributed by atoms with E-state index in [4.69, 9.17) is 0 Å². The molecule has 0 aliphatic carbocycles. The SMILES string of the molecule is CCCNC(Cc1cccc(C(F)(F)F)c1)C(C)(C)C. The molecule has 4 heteroatoms. The summed E-state index contributed by atoms with van der Waals surface area (Å²) in [6, 6.07) is 5.78. The molecule has 1 aromatic carbocycles. The Labute approximate surface area is 119 Å². The number of rotatable bonds is 5. The molecule has 1 rings (SSSR count). The Kier molecular flexibility index (Phi) is 5.63. The van der Waals surface area contributed by atoms with E-state index in [1.807, 2.05) is 0 Å². The largest absolute Gasteiger partial charge is 0.416 e. The lowest BCUT2D eigenvalue weighted by Crippen LogP contribution is -2.42. The van der Waals surface area contributed by atoms with Gasteiger partial charge in [0.2, 0.25) is 0 Å². The number of halogens is 3. The third-order valence-corrected chi connectivity index (χ3v) is 3.38. The highest BCUT2D eigenvalue weighted by atomic mass is 19.4. The number of alkyl halides is 3. The number of benzene rings is 1. The Morgan fingerprint density at radius 2 is 1.80 bits per heavy atom. The normalized spacial score (nSPS) is 14.3. The van der Waals surface area contributed by atoms with Gasteiger partial charge in [0.05, 0.1) is 5.56 Å². The average Bonchev–Trinajstić information content (AvgIpc) is 2.32. The molecular weight excluding hydrogens is 263 g/mol. The number of hydrogen-bond donors (Lipinski definition) is 1. The molecule has 0 saturated heterocycles. The van der Waals surface area contributed by atoms with Gasteiger partial charge in [-0.05, 0) is 36.4 Å². The van der Waals surface area contributed by atoms with Crippen LogP contribution in [-0.2, 0) is 12.6 Å². The van der Waals surface area contributed by atoms with Crippen molar-refractivity contribution in [1.82, 2.24) is 5.32 Å². The lowest BCUT2D eigenvalue weighted by molar-refractivity contribution is -0.137. The van der Waals surface area contributed by atoms with Crippen molar-refractivity contribution < 1.29 is 13.2 Å². The summed E-state index contributed by atoms with van der Waals surface area (Å²) in [6.07, 6.45) is -2.66.